The molecule has 0 aromatic heterocycles. The average molecular weight is 419 g/mol. The summed E-state index contributed by atoms with van der Waals surface area (Å²) in [5, 5.41) is 0. The van der Waals surface area contributed by atoms with Gasteiger partial charge in [-0.15, -0.1) is 0 Å². The molecular weight excluding hydrogens is 378 g/mol. The lowest BCUT2D eigenvalue weighted by Gasteiger charge is -2.40. The number of alkyl halides is 2. The Morgan fingerprint density at radius 1 is 0.733 bits per heavy atom. The van der Waals surface area contributed by atoms with Crippen LogP contribution in [0.2, 0.25) is 0 Å². The highest BCUT2D eigenvalue weighted by Crippen LogP contribution is 2.46. The second-order valence-electron chi connectivity index (χ2n) is 10.7. The molecule has 0 spiro atoms. The molecule has 3 aliphatic rings. The van der Waals surface area contributed by atoms with Gasteiger partial charge in [-0.3, -0.25) is 0 Å². The summed E-state index contributed by atoms with van der Waals surface area (Å²) in [6.07, 6.45) is 8.70. The SMILES string of the molecule is Cc1ccc(C2CCC(OC(F)(F)C3CCC(C4CCC(C)CC4)CC3)CC2)cc1. The van der Waals surface area contributed by atoms with Crippen LogP contribution >= 0.6 is 0 Å². The molecule has 4 rings (SSSR count). The predicted octanol–water partition coefficient (Wildman–Crippen LogP) is 8.26. The van der Waals surface area contributed by atoms with Crippen molar-refractivity contribution in [2.45, 2.75) is 109 Å². The van der Waals surface area contributed by atoms with E-state index in [0.29, 0.717) is 24.7 Å². The van der Waals surface area contributed by atoms with Crippen molar-refractivity contribution in [1.82, 2.24) is 0 Å². The third-order valence-corrected chi connectivity index (χ3v) is 8.52. The van der Waals surface area contributed by atoms with Crippen molar-refractivity contribution >= 4 is 0 Å². The van der Waals surface area contributed by atoms with Gasteiger partial charge in [0.05, 0.1) is 12.0 Å². The maximum Gasteiger partial charge on any atom is 0.358 e. The highest BCUT2D eigenvalue weighted by atomic mass is 19.3. The van der Waals surface area contributed by atoms with Gasteiger partial charge in [0.2, 0.25) is 0 Å². The summed E-state index contributed by atoms with van der Waals surface area (Å²) in [5.41, 5.74) is 2.62. The average Bonchev–Trinajstić information content (AvgIpc) is 2.75. The molecule has 3 saturated carbocycles. The first-order valence-corrected chi connectivity index (χ1v) is 12.5. The molecule has 0 bridgehead atoms. The van der Waals surface area contributed by atoms with Crippen LogP contribution in [0, 0.1) is 30.6 Å². The van der Waals surface area contributed by atoms with E-state index in [1.54, 1.807) is 0 Å². The van der Waals surface area contributed by atoms with Crippen molar-refractivity contribution in [3.63, 3.8) is 0 Å². The third kappa shape index (κ3) is 5.44. The van der Waals surface area contributed by atoms with Crippen LogP contribution in [0.15, 0.2) is 24.3 Å². The summed E-state index contributed by atoms with van der Waals surface area (Å²) in [4.78, 5) is 0. The standard InChI is InChI=1S/C27H40F2O/c1-19-3-7-21(8-4-19)23-11-15-25(16-12-23)27(28,29)30-26-17-13-24(14-18-26)22-9-5-20(2)6-10-22/h5-6,9-10,19,21,23-26H,3-4,7-8,11-18H2,1-2H3. The molecule has 3 aliphatic carbocycles. The minimum Gasteiger partial charge on any atom is -0.317 e. The van der Waals surface area contributed by atoms with E-state index in [-0.39, 0.29) is 6.10 Å². The summed E-state index contributed by atoms with van der Waals surface area (Å²) < 4.78 is 35.4. The van der Waals surface area contributed by atoms with Gasteiger partial charge < -0.3 is 4.74 Å². The minimum atomic E-state index is -2.95. The van der Waals surface area contributed by atoms with Crippen LogP contribution in [-0.2, 0) is 4.74 Å². The van der Waals surface area contributed by atoms with Crippen LogP contribution in [-0.4, -0.2) is 12.2 Å². The van der Waals surface area contributed by atoms with Gasteiger partial charge in [0, 0.05) is 0 Å². The second kappa shape index (κ2) is 9.67. The highest BCUT2D eigenvalue weighted by molar-refractivity contribution is 5.24. The van der Waals surface area contributed by atoms with Crippen LogP contribution in [0.3, 0.4) is 0 Å². The molecule has 0 radical (unpaired) electrons. The van der Waals surface area contributed by atoms with Gasteiger partial charge in [0.15, 0.2) is 0 Å². The van der Waals surface area contributed by atoms with E-state index in [1.165, 1.54) is 36.8 Å². The number of halogens is 2. The molecule has 1 nitrogen and oxygen atoms in total. The molecule has 0 aliphatic heterocycles. The summed E-state index contributed by atoms with van der Waals surface area (Å²) in [6, 6.07) is 8.69. The van der Waals surface area contributed by atoms with Crippen molar-refractivity contribution in [3.05, 3.63) is 35.4 Å². The quantitative estimate of drug-likeness (QED) is 0.467. The maximum atomic E-state index is 15.0. The van der Waals surface area contributed by atoms with Crippen molar-refractivity contribution in [2.24, 2.45) is 23.7 Å². The Labute approximate surface area is 182 Å². The molecule has 0 unspecified atom stereocenters. The van der Waals surface area contributed by atoms with E-state index >= 15 is 0 Å². The first-order valence-electron chi connectivity index (χ1n) is 12.5. The Kier molecular flexibility index (Phi) is 7.17. The zero-order chi connectivity index (χ0) is 21.1. The van der Waals surface area contributed by atoms with Crippen LogP contribution in [0.25, 0.3) is 0 Å². The van der Waals surface area contributed by atoms with Crippen molar-refractivity contribution in [2.75, 3.05) is 0 Å². The fourth-order valence-corrected chi connectivity index (χ4v) is 6.36. The highest BCUT2D eigenvalue weighted by Gasteiger charge is 2.45. The lowest BCUT2D eigenvalue weighted by atomic mass is 9.69. The molecule has 0 N–H and O–H groups in total. The summed E-state index contributed by atoms with van der Waals surface area (Å²) >= 11 is 0. The molecule has 3 fully saturated rings. The van der Waals surface area contributed by atoms with Crippen LogP contribution in [0.5, 0.6) is 0 Å². The largest absolute Gasteiger partial charge is 0.358 e. The molecule has 0 heterocycles. The molecule has 0 saturated heterocycles. The first kappa shape index (κ1) is 22.2. The minimum absolute atomic E-state index is 0.278. The third-order valence-electron chi connectivity index (χ3n) is 8.52. The lowest BCUT2D eigenvalue weighted by molar-refractivity contribution is -0.301. The van der Waals surface area contributed by atoms with E-state index in [9.17, 15) is 8.78 Å². The smallest absolute Gasteiger partial charge is 0.317 e. The number of benzene rings is 1. The van der Waals surface area contributed by atoms with E-state index in [1.807, 2.05) is 0 Å². The number of aryl methyl sites for hydroxylation is 1. The van der Waals surface area contributed by atoms with E-state index in [4.69, 9.17) is 4.74 Å². The Morgan fingerprint density at radius 2 is 1.27 bits per heavy atom. The van der Waals surface area contributed by atoms with Gasteiger partial charge in [-0.2, -0.15) is 8.78 Å². The number of hydrogen-bond donors (Lipinski definition) is 0. The topological polar surface area (TPSA) is 9.23 Å². The summed E-state index contributed by atoms with van der Waals surface area (Å²) in [7, 11) is 0. The monoisotopic (exact) mass is 418 g/mol. The fourth-order valence-electron chi connectivity index (χ4n) is 6.36. The number of ether oxygens (including phenoxy) is 1. The van der Waals surface area contributed by atoms with Gasteiger partial charge in [-0.25, -0.2) is 0 Å². The number of rotatable bonds is 5. The summed E-state index contributed by atoms with van der Waals surface area (Å²) in [6.45, 7) is 4.44. The fraction of sp³-hybridized carbons (Fsp3) is 0.778. The van der Waals surface area contributed by atoms with Gasteiger partial charge in [0.1, 0.15) is 0 Å². The van der Waals surface area contributed by atoms with Gasteiger partial charge in [-0.05, 0) is 100 Å². The second-order valence-corrected chi connectivity index (χ2v) is 10.7. The van der Waals surface area contributed by atoms with E-state index in [2.05, 4.69) is 38.1 Å². The first-order chi connectivity index (χ1) is 14.4. The lowest BCUT2D eigenvalue weighted by Crippen LogP contribution is -2.39. The normalized spacial score (nSPS) is 35.9. The summed E-state index contributed by atoms with van der Waals surface area (Å²) in [5.74, 6) is 2.23. The molecule has 3 heteroatoms. The maximum absolute atomic E-state index is 15.0. The molecule has 1 aromatic rings. The molecule has 0 atom stereocenters. The molecule has 30 heavy (non-hydrogen) atoms. The molecule has 1 aromatic carbocycles. The van der Waals surface area contributed by atoms with Crippen LogP contribution in [0.1, 0.15) is 101 Å². The Bertz CT molecular complexity index is 646. The van der Waals surface area contributed by atoms with Crippen molar-refractivity contribution in [1.29, 1.82) is 0 Å². The van der Waals surface area contributed by atoms with Crippen molar-refractivity contribution < 1.29 is 13.5 Å². The van der Waals surface area contributed by atoms with Gasteiger partial charge >= 0.3 is 6.11 Å². The Hall–Kier alpha value is -0.960. The number of hydrogen-bond acceptors (Lipinski definition) is 1. The van der Waals surface area contributed by atoms with Crippen LogP contribution in [0.4, 0.5) is 8.78 Å². The van der Waals surface area contributed by atoms with E-state index < -0.39 is 12.0 Å². The predicted molar refractivity (Wildman–Crippen MR) is 119 cm³/mol. The Balaban J connectivity index is 1.22. The zero-order valence-corrected chi connectivity index (χ0v) is 18.9. The molecular formula is C27H40F2O. The Morgan fingerprint density at radius 3 is 1.83 bits per heavy atom. The molecule has 0 amide bonds. The van der Waals surface area contributed by atoms with Crippen molar-refractivity contribution in [3.8, 4) is 0 Å². The molecule has 168 valence electrons. The van der Waals surface area contributed by atoms with Gasteiger partial charge in [-0.1, -0.05) is 49.6 Å². The van der Waals surface area contributed by atoms with E-state index in [0.717, 1.165) is 50.4 Å². The van der Waals surface area contributed by atoms with Gasteiger partial charge in [0.25, 0.3) is 0 Å². The zero-order valence-electron chi connectivity index (χ0n) is 18.9. The van der Waals surface area contributed by atoms with Crippen LogP contribution < -0.4 is 0 Å².